The van der Waals surface area contributed by atoms with Crippen molar-refractivity contribution in [3.05, 3.63) is 26.7 Å². The van der Waals surface area contributed by atoms with Gasteiger partial charge in [0.2, 0.25) is 0 Å². The van der Waals surface area contributed by atoms with E-state index in [-0.39, 0.29) is 0 Å². The first-order valence-electron chi connectivity index (χ1n) is 22.4. The smallest absolute Gasteiger partial charge is 0.332 e. The number of H-pyrrole nitrogens is 1. The lowest BCUT2D eigenvalue weighted by molar-refractivity contribution is 0.0863. The van der Waals surface area contributed by atoms with Crippen molar-refractivity contribution in [2.24, 2.45) is 17.7 Å². The molecule has 154 valence electrons. The maximum Gasteiger partial charge on any atom is 0.332 e. The maximum atomic E-state index is 14.1. The number of hydrogen-bond acceptors (Lipinski definition) is 3. The highest BCUT2D eigenvalue weighted by atomic mass is 16.2. The average Bonchev–Trinajstić information content (AvgIpc) is 3.45. The standard InChI is InChI=1S/C22H34N4O2/c1-5-7-25-18-17(19(27)26(8-6-2)21(25)28)23-20(24-18)22(4)12-15-9-14(3)10-16(11-15)13-22/h14-16H,5-13H2,1-4H3,(H,23,24)/i1D3,2D3,3D2,5D2,6D2,7D2,8D2,9D2,10D2,11D2,12D2,13D2,14D,15D,16D. The first kappa shape index (κ1) is 4.89. The number of nitrogens with one attached hydrogen (secondary N) is 1. The topological polar surface area (TPSA) is 72.7 Å². The zero-order valence-corrected chi connectivity index (χ0v) is 14.2. The van der Waals surface area contributed by atoms with E-state index in [1.54, 1.807) is 0 Å². The van der Waals surface area contributed by atoms with Gasteiger partial charge in [-0.2, -0.15) is 0 Å². The molecule has 2 aliphatic carbocycles. The van der Waals surface area contributed by atoms with Crippen molar-refractivity contribution in [1.29, 1.82) is 0 Å². The number of imidazole rings is 1. The number of nitrogens with zero attached hydrogens (tertiary/aromatic N) is 3. The van der Waals surface area contributed by atoms with E-state index < -0.39 is 139 Å². The summed E-state index contributed by atoms with van der Waals surface area (Å²) in [6, 6.07) is 0. The number of aromatic nitrogens is 4. The van der Waals surface area contributed by atoms with Crippen LogP contribution in [0, 0.1) is 17.7 Å². The highest BCUT2D eigenvalue weighted by molar-refractivity contribution is 5.70. The summed E-state index contributed by atoms with van der Waals surface area (Å²) in [5.41, 5.74) is -11.8. The molecule has 1 N–H and O–H groups in total. The maximum absolute atomic E-state index is 14.1. The van der Waals surface area contributed by atoms with E-state index in [4.69, 9.17) is 31.5 Å². The Morgan fingerprint density at radius 1 is 1.21 bits per heavy atom. The molecule has 2 saturated carbocycles. The van der Waals surface area contributed by atoms with Gasteiger partial charge in [-0.05, 0) is 62.3 Å². The van der Waals surface area contributed by atoms with Crippen LogP contribution in [0.5, 0.6) is 0 Å². The van der Waals surface area contributed by atoms with E-state index in [1.165, 1.54) is 0 Å². The Labute approximate surface area is 207 Å². The molecule has 0 saturated heterocycles. The molecular formula is C22H34N4O2. The summed E-state index contributed by atoms with van der Waals surface area (Å²) in [5, 5.41) is 0. The van der Waals surface area contributed by atoms with Crippen LogP contribution < -0.4 is 11.2 Å². The summed E-state index contributed by atoms with van der Waals surface area (Å²) in [4.78, 5) is 33.7. The minimum atomic E-state index is -4.46. The molecule has 6 nitrogen and oxygen atoms in total. The van der Waals surface area contributed by atoms with E-state index in [0.29, 0.717) is 6.92 Å². The molecular weight excluding hydrogens is 352 g/mol. The van der Waals surface area contributed by atoms with Gasteiger partial charge in [-0.25, -0.2) is 9.78 Å². The predicted molar refractivity (Wildman–Crippen MR) is 112 cm³/mol. The van der Waals surface area contributed by atoms with Crippen molar-refractivity contribution in [1.82, 2.24) is 19.1 Å². The SMILES string of the molecule is [2H]C([2H])C1([2H])C([2H])([2H])C2([2H])C([2H])([2H])C(C)(c3nc4c([nH]3)c(=O)n(C([2H])([2H])C([2H])([2H])C([2H])([2H])[2H])c(=O)n4C([2H])([2H])C([2H])([2H])C([2H])([2H])[2H])C([2H])([2H])C([2H])(C1([2H])[2H])C2([2H])[2H]. The molecule has 0 aromatic carbocycles. The first-order chi connectivity index (χ1) is 24.6. The Bertz CT molecular complexity index is 2060. The Morgan fingerprint density at radius 2 is 1.89 bits per heavy atom. The number of rotatable bonds is 5. The third kappa shape index (κ3) is 3.15. The monoisotopic (exact) mass is 415 g/mol. The van der Waals surface area contributed by atoms with Crippen LogP contribution in [0.2, 0.25) is 0 Å². The lowest BCUT2D eigenvalue weighted by Crippen LogP contribution is -2.40. The van der Waals surface area contributed by atoms with Crippen molar-refractivity contribution in [3.63, 3.8) is 0 Å². The molecule has 6 heteroatoms. The van der Waals surface area contributed by atoms with Crippen LogP contribution in [-0.2, 0) is 18.4 Å². The highest BCUT2D eigenvalue weighted by Crippen LogP contribution is 2.50. The van der Waals surface area contributed by atoms with E-state index in [1.807, 2.05) is 4.98 Å². The lowest BCUT2D eigenvalue weighted by Gasteiger charge is -2.46. The molecule has 0 amide bonds. The van der Waals surface area contributed by atoms with Gasteiger partial charge in [0.05, 0.1) is 2.74 Å². The van der Waals surface area contributed by atoms with Gasteiger partial charge in [0.15, 0.2) is 5.65 Å². The molecule has 4 rings (SSSR count). The summed E-state index contributed by atoms with van der Waals surface area (Å²) in [7, 11) is 0. The molecule has 0 aliphatic heterocycles. The molecule has 2 bridgehead atoms. The molecule has 2 aromatic heterocycles. The van der Waals surface area contributed by atoms with Crippen LogP contribution in [0.25, 0.3) is 11.2 Å². The number of aryl methyl sites for hydroxylation is 1. The third-order valence-electron chi connectivity index (χ3n) is 4.02. The van der Waals surface area contributed by atoms with Crippen molar-refractivity contribution < 1.29 is 39.8 Å². The molecule has 2 aliphatic rings. The van der Waals surface area contributed by atoms with Gasteiger partial charge in [0.25, 0.3) is 5.56 Å². The highest BCUT2D eigenvalue weighted by Gasteiger charge is 2.43. The van der Waals surface area contributed by atoms with Crippen LogP contribution in [-0.4, -0.2) is 19.1 Å². The fraction of sp³-hybridized carbons (Fsp3) is 0.773. The Balaban J connectivity index is 2.39. The zero-order valence-electron chi connectivity index (χ0n) is 43.2. The number of hydrogen-bond donors (Lipinski definition) is 1. The fourth-order valence-corrected chi connectivity index (χ4v) is 2.87. The van der Waals surface area contributed by atoms with Crippen LogP contribution in [0.15, 0.2) is 9.59 Å². The van der Waals surface area contributed by atoms with Gasteiger partial charge < -0.3 is 4.98 Å². The van der Waals surface area contributed by atoms with Gasteiger partial charge in [-0.1, -0.05) is 27.5 Å². The minimum Gasteiger partial charge on any atom is -0.336 e. The third-order valence-corrected chi connectivity index (χ3v) is 4.02. The summed E-state index contributed by atoms with van der Waals surface area (Å²) in [6.07, 6.45) is -30.5. The van der Waals surface area contributed by atoms with Crippen molar-refractivity contribution >= 4 is 11.2 Å². The zero-order chi connectivity index (χ0) is 45.5. The van der Waals surface area contributed by atoms with Crippen LogP contribution in [0.4, 0.5) is 0 Å². The molecule has 2 unspecified atom stereocenters. The van der Waals surface area contributed by atoms with Crippen LogP contribution >= 0.6 is 0 Å². The van der Waals surface area contributed by atoms with Crippen molar-refractivity contribution in [2.75, 3.05) is 0 Å². The second-order valence-electron chi connectivity index (χ2n) is 5.93. The largest absolute Gasteiger partial charge is 0.336 e. The molecule has 28 heavy (non-hydrogen) atoms. The average molecular weight is 416 g/mol. The summed E-state index contributed by atoms with van der Waals surface area (Å²) in [5.74, 6) is -14.7. The van der Waals surface area contributed by atoms with E-state index in [0.717, 1.165) is 0 Å². The predicted octanol–water partition coefficient (Wildman–Crippen LogP) is 3.81. The second kappa shape index (κ2) is 7.20. The van der Waals surface area contributed by atoms with Gasteiger partial charge in [-0.15, -0.1) is 0 Å². The van der Waals surface area contributed by atoms with E-state index in [2.05, 4.69) is 4.98 Å². The van der Waals surface area contributed by atoms with Gasteiger partial charge in [0, 0.05) is 55.4 Å². The quantitative estimate of drug-likeness (QED) is 0.807. The Morgan fingerprint density at radius 3 is 2.54 bits per heavy atom. The van der Waals surface area contributed by atoms with Gasteiger partial charge in [-0.3, -0.25) is 13.9 Å². The van der Waals surface area contributed by atoms with Gasteiger partial charge >= 0.3 is 5.69 Å². The van der Waals surface area contributed by atoms with Crippen molar-refractivity contribution in [3.8, 4) is 0 Å². The second-order valence-corrected chi connectivity index (χ2v) is 5.93. The lowest BCUT2D eigenvalue weighted by atomic mass is 9.59. The summed E-state index contributed by atoms with van der Waals surface area (Å²) >= 11 is 0. The fourth-order valence-electron chi connectivity index (χ4n) is 2.87. The first-order valence-corrected chi connectivity index (χ1v) is 7.74. The normalized spacial score (nSPS) is 65.3. The molecule has 2 atom stereocenters. The summed E-state index contributed by atoms with van der Waals surface area (Å²) < 4.78 is 242. The molecule has 2 fully saturated rings. The Kier molecular flexibility index (Phi) is 1.26. The molecule has 2 aromatic rings. The summed E-state index contributed by atoms with van der Waals surface area (Å²) in [6.45, 7) is -19.8. The van der Waals surface area contributed by atoms with E-state index in [9.17, 15) is 17.8 Å². The number of aromatic amines is 1. The van der Waals surface area contributed by atoms with Crippen molar-refractivity contribution in [2.45, 2.75) is 90.5 Å². The molecule has 0 radical (unpaired) electrons. The van der Waals surface area contributed by atoms with E-state index >= 15 is 0 Å². The van der Waals surface area contributed by atoms with Gasteiger partial charge in [0.1, 0.15) is 11.3 Å². The van der Waals surface area contributed by atoms with Crippen LogP contribution in [0.1, 0.15) is 118 Å². The van der Waals surface area contributed by atoms with Crippen LogP contribution in [0.3, 0.4) is 0 Å². The molecule has 2 heterocycles. The number of fused-ring (bicyclic) bond motifs is 3. The molecule has 0 spiro atoms. The Hall–Kier alpha value is -1.85. The minimum absolute atomic E-state index is 0.332.